The van der Waals surface area contributed by atoms with Gasteiger partial charge in [0.1, 0.15) is 0 Å². The Kier molecular flexibility index (Phi) is 14.5. The molecule has 0 saturated carbocycles. The number of nitrogens with zero attached hydrogens (tertiary/aromatic N) is 1. The average molecular weight is 204 g/mol. The average Bonchev–Trinajstić information content (AvgIpc) is 1.69. The number of halogens is 3. The van der Waals surface area contributed by atoms with Gasteiger partial charge in [0.05, 0.1) is 5.69 Å². The highest BCUT2D eigenvalue weighted by Gasteiger charge is 1.73. The second-order valence-electron chi connectivity index (χ2n) is 1.29. The largest absolute Gasteiger partial charge is 0.397 e. The molecule has 0 atom stereocenters. The Bertz CT molecular complexity index is 145. The summed E-state index contributed by atoms with van der Waals surface area (Å²) in [5.41, 5.74) is 6.01. The zero-order valence-corrected chi connectivity index (χ0v) is 7.51. The SMILES string of the molecule is Cl.Cl.Cl.Nc1cccnc1. The molecule has 0 aliphatic carbocycles. The van der Waals surface area contributed by atoms with Gasteiger partial charge in [0.25, 0.3) is 0 Å². The van der Waals surface area contributed by atoms with Crippen molar-refractivity contribution in [2.24, 2.45) is 0 Å². The highest BCUT2D eigenvalue weighted by Crippen LogP contribution is 1.92. The third kappa shape index (κ3) is 5.95. The molecule has 1 heterocycles. The molecule has 0 aliphatic rings. The van der Waals surface area contributed by atoms with E-state index in [1.165, 1.54) is 0 Å². The second-order valence-corrected chi connectivity index (χ2v) is 1.29. The molecule has 0 amide bonds. The lowest BCUT2D eigenvalue weighted by Gasteiger charge is -1.83. The lowest BCUT2D eigenvalue weighted by atomic mass is 10.4. The third-order valence-electron chi connectivity index (χ3n) is 0.684. The summed E-state index contributed by atoms with van der Waals surface area (Å²) in [6.07, 6.45) is 3.30. The maximum absolute atomic E-state index is 5.30. The van der Waals surface area contributed by atoms with Gasteiger partial charge in [0, 0.05) is 12.4 Å². The zero-order chi connectivity index (χ0) is 5.11. The van der Waals surface area contributed by atoms with Crippen LogP contribution in [0.25, 0.3) is 0 Å². The Morgan fingerprint density at radius 2 is 1.80 bits per heavy atom. The van der Waals surface area contributed by atoms with Crippen molar-refractivity contribution in [3.8, 4) is 0 Å². The van der Waals surface area contributed by atoms with Crippen LogP contribution >= 0.6 is 37.2 Å². The number of hydrogen-bond donors (Lipinski definition) is 1. The number of aromatic nitrogens is 1. The summed E-state index contributed by atoms with van der Waals surface area (Å²) in [6, 6.07) is 3.60. The minimum atomic E-state index is 0. The highest BCUT2D eigenvalue weighted by molar-refractivity contribution is 5.86. The third-order valence-corrected chi connectivity index (χ3v) is 0.684. The standard InChI is InChI=1S/C5H6N2.3ClH/c6-5-2-1-3-7-4-5;;;/h1-4H,6H2;3*1H. The molecule has 0 spiro atoms. The van der Waals surface area contributed by atoms with E-state index in [9.17, 15) is 0 Å². The van der Waals surface area contributed by atoms with Gasteiger partial charge in [-0.05, 0) is 12.1 Å². The van der Waals surface area contributed by atoms with E-state index in [4.69, 9.17) is 5.73 Å². The second kappa shape index (κ2) is 8.82. The molecule has 5 heteroatoms. The molecule has 0 aromatic carbocycles. The Balaban J connectivity index is -0.000000163. The molecule has 0 radical (unpaired) electrons. The predicted octanol–water partition coefficient (Wildman–Crippen LogP) is 1.93. The van der Waals surface area contributed by atoms with Crippen LogP contribution < -0.4 is 5.73 Å². The lowest BCUT2D eigenvalue weighted by Crippen LogP contribution is -1.82. The van der Waals surface area contributed by atoms with Crippen molar-refractivity contribution in [1.29, 1.82) is 0 Å². The van der Waals surface area contributed by atoms with Gasteiger partial charge in [0.2, 0.25) is 0 Å². The van der Waals surface area contributed by atoms with E-state index in [1.807, 2.05) is 0 Å². The number of rotatable bonds is 0. The van der Waals surface area contributed by atoms with Crippen LogP contribution in [0.3, 0.4) is 0 Å². The molecule has 0 bridgehead atoms. The van der Waals surface area contributed by atoms with Crippen molar-refractivity contribution in [1.82, 2.24) is 4.98 Å². The first-order valence-electron chi connectivity index (χ1n) is 2.05. The first kappa shape index (κ1) is 16.4. The van der Waals surface area contributed by atoms with Crippen LogP contribution in [0.2, 0.25) is 0 Å². The van der Waals surface area contributed by atoms with Crippen LogP contribution in [0.5, 0.6) is 0 Å². The summed E-state index contributed by atoms with van der Waals surface area (Å²) in [5, 5.41) is 0. The minimum Gasteiger partial charge on any atom is -0.397 e. The topological polar surface area (TPSA) is 38.9 Å². The van der Waals surface area contributed by atoms with Crippen LogP contribution in [0.4, 0.5) is 5.69 Å². The van der Waals surface area contributed by atoms with E-state index in [1.54, 1.807) is 24.5 Å². The molecular formula is C5H9Cl3N2. The van der Waals surface area contributed by atoms with E-state index >= 15 is 0 Å². The molecule has 10 heavy (non-hydrogen) atoms. The summed E-state index contributed by atoms with van der Waals surface area (Å²) < 4.78 is 0. The number of anilines is 1. The number of nitrogens with two attached hydrogens (primary N) is 1. The van der Waals surface area contributed by atoms with E-state index < -0.39 is 0 Å². The summed E-state index contributed by atoms with van der Waals surface area (Å²) in [6.45, 7) is 0. The van der Waals surface area contributed by atoms with Crippen molar-refractivity contribution in [3.05, 3.63) is 24.5 Å². The molecular weight excluding hydrogens is 194 g/mol. The lowest BCUT2D eigenvalue weighted by molar-refractivity contribution is 1.33. The fourth-order valence-electron chi connectivity index (χ4n) is 0.376. The summed E-state index contributed by atoms with van der Waals surface area (Å²) in [5.74, 6) is 0. The number of nitrogen functional groups attached to an aromatic ring is 1. The van der Waals surface area contributed by atoms with E-state index in [2.05, 4.69) is 4.98 Å². The van der Waals surface area contributed by atoms with Crippen LogP contribution in [-0.2, 0) is 0 Å². The molecule has 60 valence electrons. The maximum Gasteiger partial charge on any atom is 0.0500 e. The monoisotopic (exact) mass is 202 g/mol. The zero-order valence-electron chi connectivity index (χ0n) is 5.06. The Labute approximate surface area is 78.5 Å². The molecule has 2 nitrogen and oxygen atoms in total. The molecule has 1 aromatic heterocycles. The first-order valence-corrected chi connectivity index (χ1v) is 2.05. The van der Waals surface area contributed by atoms with E-state index in [-0.39, 0.29) is 37.2 Å². The Morgan fingerprint density at radius 1 is 1.20 bits per heavy atom. The molecule has 1 aromatic rings. The molecule has 2 N–H and O–H groups in total. The smallest absolute Gasteiger partial charge is 0.0500 e. The van der Waals surface area contributed by atoms with Crippen LogP contribution in [-0.4, -0.2) is 4.98 Å². The van der Waals surface area contributed by atoms with Crippen molar-refractivity contribution in [2.45, 2.75) is 0 Å². The molecule has 0 fully saturated rings. The van der Waals surface area contributed by atoms with Crippen LogP contribution in [0.1, 0.15) is 0 Å². The fourth-order valence-corrected chi connectivity index (χ4v) is 0.376. The molecule has 0 saturated heterocycles. The molecule has 1 rings (SSSR count). The Hall–Kier alpha value is -0.180. The van der Waals surface area contributed by atoms with Crippen molar-refractivity contribution in [3.63, 3.8) is 0 Å². The van der Waals surface area contributed by atoms with E-state index in [0.717, 1.165) is 0 Å². The number of pyridine rings is 1. The summed E-state index contributed by atoms with van der Waals surface area (Å²) in [7, 11) is 0. The van der Waals surface area contributed by atoms with Gasteiger partial charge in [0.15, 0.2) is 0 Å². The summed E-state index contributed by atoms with van der Waals surface area (Å²) in [4.78, 5) is 3.76. The van der Waals surface area contributed by atoms with Gasteiger partial charge in [-0.2, -0.15) is 0 Å². The minimum absolute atomic E-state index is 0. The van der Waals surface area contributed by atoms with Gasteiger partial charge in [-0.3, -0.25) is 4.98 Å². The normalized spacial score (nSPS) is 6.00. The van der Waals surface area contributed by atoms with Gasteiger partial charge in [-0.1, -0.05) is 0 Å². The van der Waals surface area contributed by atoms with Gasteiger partial charge in [-0.15, -0.1) is 37.2 Å². The van der Waals surface area contributed by atoms with Crippen LogP contribution in [0, 0.1) is 0 Å². The predicted molar refractivity (Wildman–Crippen MR) is 50.4 cm³/mol. The van der Waals surface area contributed by atoms with Gasteiger partial charge >= 0.3 is 0 Å². The van der Waals surface area contributed by atoms with Crippen LogP contribution in [0.15, 0.2) is 24.5 Å². The number of hydrogen-bond acceptors (Lipinski definition) is 2. The highest BCUT2D eigenvalue weighted by atomic mass is 35.5. The van der Waals surface area contributed by atoms with Crippen molar-refractivity contribution >= 4 is 42.9 Å². The van der Waals surface area contributed by atoms with Gasteiger partial charge < -0.3 is 5.73 Å². The Morgan fingerprint density at radius 3 is 2.00 bits per heavy atom. The molecule has 0 aliphatic heterocycles. The summed E-state index contributed by atoms with van der Waals surface area (Å²) >= 11 is 0. The quantitative estimate of drug-likeness (QED) is 0.700. The fraction of sp³-hybridized carbons (Fsp3) is 0. The van der Waals surface area contributed by atoms with Crippen molar-refractivity contribution in [2.75, 3.05) is 5.73 Å². The first-order chi connectivity index (χ1) is 3.39. The van der Waals surface area contributed by atoms with Gasteiger partial charge in [-0.25, -0.2) is 0 Å². The van der Waals surface area contributed by atoms with Crippen molar-refractivity contribution < 1.29 is 0 Å². The molecule has 0 unspecified atom stereocenters. The maximum atomic E-state index is 5.30. The van der Waals surface area contributed by atoms with E-state index in [0.29, 0.717) is 5.69 Å².